The molecule has 1 aliphatic heterocycles. The number of hydrogen-bond donors (Lipinski definition) is 1. The van der Waals surface area contributed by atoms with Gasteiger partial charge in [0.15, 0.2) is 22.4 Å². The summed E-state index contributed by atoms with van der Waals surface area (Å²) in [5.74, 6) is -0.974. The SMILES string of the molecule is CCOC(=O)COc1c(Br)cc(/C=C2/SC(=S)N(c3cccc(C(=O)Nc4ccc(F)cc4)c3)C2=O)cc1OCC. The Morgan fingerprint density at radius 2 is 1.83 bits per heavy atom. The third-order valence-electron chi connectivity index (χ3n) is 5.53. The number of carbonyl (C=O) groups excluding carboxylic acids is 3. The summed E-state index contributed by atoms with van der Waals surface area (Å²) in [5, 5.41) is 2.70. The molecule has 0 aliphatic carbocycles. The molecule has 0 aromatic heterocycles. The number of esters is 1. The van der Waals surface area contributed by atoms with Crippen molar-refractivity contribution in [2.45, 2.75) is 13.8 Å². The van der Waals surface area contributed by atoms with Crippen LogP contribution < -0.4 is 19.7 Å². The Morgan fingerprint density at radius 1 is 1.07 bits per heavy atom. The topological polar surface area (TPSA) is 94.2 Å². The molecule has 0 unspecified atom stereocenters. The number of benzene rings is 3. The van der Waals surface area contributed by atoms with Crippen LogP contribution in [0.5, 0.6) is 11.5 Å². The van der Waals surface area contributed by atoms with Crippen LogP contribution in [0, 0.1) is 5.82 Å². The van der Waals surface area contributed by atoms with Crippen molar-refractivity contribution < 1.29 is 33.0 Å². The molecule has 0 spiro atoms. The van der Waals surface area contributed by atoms with Crippen LogP contribution in [0.3, 0.4) is 0 Å². The number of amides is 2. The zero-order valence-electron chi connectivity index (χ0n) is 21.9. The van der Waals surface area contributed by atoms with Gasteiger partial charge in [0.25, 0.3) is 11.8 Å². The second-order valence-corrected chi connectivity index (χ2v) is 10.9. The lowest BCUT2D eigenvalue weighted by Gasteiger charge is -2.16. The predicted molar refractivity (Wildman–Crippen MR) is 164 cm³/mol. The van der Waals surface area contributed by atoms with Crippen molar-refractivity contribution in [1.82, 2.24) is 0 Å². The summed E-state index contributed by atoms with van der Waals surface area (Å²) in [6.45, 7) is 3.83. The van der Waals surface area contributed by atoms with Gasteiger partial charge in [-0.1, -0.05) is 30.0 Å². The lowest BCUT2D eigenvalue weighted by molar-refractivity contribution is -0.145. The van der Waals surface area contributed by atoms with Gasteiger partial charge in [-0.3, -0.25) is 14.5 Å². The molecule has 0 saturated carbocycles. The third-order valence-corrected chi connectivity index (χ3v) is 7.42. The molecule has 1 heterocycles. The largest absolute Gasteiger partial charge is 0.490 e. The van der Waals surface area contributed by atoms with Crippen LogP contribution in [0.15, 0.2) is 70.0 Å². The summed E-state index contributed by atoms with van der Waals surface area (Å²) in [6, 6.07) is 15.3. The Labute approximate surface area is 254 Å². The number of anilines is 2. The van der Waals surface area contributed by atoms with Gasteiger partial charge in [0, 0.05) is 11.3 Å². The van der Waals surface area contributed by atoms with E-state index in [0.29, 0.717) is 54.3 Å². The van der Waals surface area contributed by atoms with Crippen LogP contribution in [0.4, 0.5) is 15.8 Å². The fourth-order valence-corrected chi connectivity index (χ4v) is 5.65. The maximum atomic E-state index is 13.4. The highest BCUT2D eigenvalue weighted by Gasteiger charge is 2.33. The van der Waals surface area contributed by atoms with E-state index < -0.39 is 17.7 Å². The molecule has 1 N–H and O–H groups in total. The predicted octanol–water partition coefficient (Wildman–Crippen LogP) is 6.59. The van der Waals surface area contributed by atoms with Crippen LogP contribution in [0.25, 0.3) is 6.08 Å². The van der Waals surface area contributed by atoms with E-state index in [0.717, 1.165) is 11.8 Å². The Morgan fingerprint density at radius 3 is 2.54 bits per heavy atom. The lowest BCUT2D eigenvalue weighted by atomic mass is 10.1. The molecule has 12 heteroatoms. The zero-order chi connectivity index (χ0) is 29.5. The van der Waals surface area contributed by atoms with Gasteiger partial charge in [-0.15, -0.1) is 0 Å². The molecule has 3 aromatic carbocycles. The number of rotatable bonds is 10. The fraction of sp³-hybridized carbons (Fsp3) is 0.172. The summed E-state index contributed by atoms with van der Waals surface area (Å²) in [4.78, 5) is 39.7. The van der Waals surface area contributed by atoms with E-state index >= 15 is 0 Å². The van der Waals surface area contributed by atoms with E-state index in [4.69, 9.17) is 26.4 Å². The van der Waals surface area contributed by atoms with Crippen molar-refractivity contribution in [2.75, 3.05) is 30.0 Å². The van der Waals surface area contributed by atoms with Crippen molar-refractivity contribution in [3.63, 3.8) is 0 Å². The van der Waals surface area contributed by atoms with E-state index in [1.165, 1.54) is 29.2 Å². The van der Waals surface area contributed by atoms with E-state index in [1.807, 2.05) is 6.92 Å². The first-order chi connectivity index (χ1) is 19.7. The molecule has 0 bridgehead atoms. The van der Waals surface area contributed by atoms with Crippen LogP contribution >= 0.6 is 39.9 Å². The summed E-state index contributed by atoms with van der Waals surface area (Å²) in [6.07, 6.45) is 1.67. The molecule has 1 saturated heterocycles. The minimum Gasteiger partial charge on any atom is -0.490 e. The van der Waals surface area contributed by atoms with E-state index in [9.17, 15) is 18.8 Å². The number of nitrogens with zero attached hydrogens (tertiary/aromatic N) is 1. The van der Waals surface area contributed by atoms with Crippen molar-refractivity contribution in [2.24, 2.45) is 0 Å². The average Bonchev–Trinajstić information content (AvgIpc) is 3.22. The van der Waals surface area contributed by atoms with Gasteiger partial charge in [-0.2, -0.15) is 0 Å². The zero-order valence-corrected chi connectivity index (χ0v) is 25.2. The van der Waals surface area contributed by atoms with Gasteiger partial charge in [0.05, 0.1) is 28.3 Å². The second-order valence-electron chi connectivity index (χ2n) is 8.39. The van der Waals surface area contributed by atoms with Gasteiger partial charge in [0.2, 0.25) is 0 Å². The molecule has 4 rings (SSSR count). The number of hydrogen-bond acceptors (Lipinski definition) is 8. The summed E-state index contributed by atoms with van der Waals surface area (Å²) >= 11 is 10.1. The van der Waals surface area contributed by atoms with E-state index in [2.05, 4.69) is 21.2 Å². The summed E-state index contributed by atoms with van der Waals surface area (Å²) in [5.41, 5.74) is 1.80. The number of thioether (sulfide) groups is 1. The monoisotopic (exact) mass is 658 g/mol. The van der Waals surface area contributed by atoms with Crippen molar-refractivity contribution in [3.05, 3.63) is 87.0 Å². The minimum absolute atomic E-state index is 0.242. The van der Waals surface area contributed by atoms with Gasteiger partial charge >= 0.3 is 5.97 Å². The quantitative estimate of drug-likeness (QED) is 0.148. The molecular formula is C29H24BrFN2O6S2. The summed E-state index contributed by atoms with van der Waals surface area (Å²) < 4.78 is 30.3. The lowest BCUT2D eigenvalue weighted by Crippen LogP contribution is -2.27. The molecular weight excluding hydrogens is 635 g/mol. The summed E-state index contributed by atoms with van der Waals surface area (Å²) in [7, 11) is 0. The third kappa shape index (κ3) is 7.51. The Kier molecular flexibility index (Phi) is 10.1. The fourth-order valence-electron chi connectivity index (χ4n) is 3.77. The van der Waals surface area contributed by atoms with Gasteiger partial charge in [0.1, 0.15) is 5.82 Å². The van der Waals surface area contributed by atoms with Gasteiger partial charge < -0.3 is 19.5 Å². The highest BCUT2D eigenvalue weighted by molar-refractivity contribution is 9.10. The number of halogens is 2. The smallest absolute Gasteiger partial charge is 0.344 e. The first-order valence-electron chi connectivity index (χ1n) is 12.4. The Bertz CT molecular complexity index is 1530. The van der Waals surface area contributed by atoms with Crippen molar-refractivity contribution in [3.8, 4) is 11.5 Å². The highest BCUT2D eigenvalue weighted by atomic mass is 79.9. The Balaban J connectivity index is 1.55. The number of thiocarbonyl (C=S) groups is 1. The van der Waals surface area contributed by atoms with E-state index in [1.54, 1.807) is 49.4 Å². The molecule has 1 aliphatic rings. The molecule has 2 amide bonds. The molecule has 212 valence electrons. The number of carbonyl (C=O) groups is 3. The van der Waals surface area contributed by atoms with Crippen molar-refractivity contribution >= 4 is 79.5 Å². The Hall–Kier alpha value is -3.74. The van der Waals surface area contributed by atoms with Gasteiger partial charge in [-0.05, 0) is 96.0 Å². The molecule has 0 atom stereocenters. The first-order valence-corrected chi connectivity index (χ1v) is 14.4. The molecule has 0 radical (unpaired) electrons. The van der Waals surface area contributed by atoms with Crippen LogP contribution in [-0.4, -0.2) is 41.9 Å². The van der Waals surface area contributed by atoms with Crippen molar-refractivity contribution in [1.29, 1.82) is 0 Å². The van der Waals surface area contributed by atoms with E-state index in [-0.39, 0.29) is 19.1 Å². The minimum atomic E-state index is -0.508. The molecule has 8 nitrogen and oxygen atoms in total. The first kappa shape index (κ1) is 30.2. The van der Waals surface area contributed by atoms with Crippen LogP contribution in [0.1, 0.15) is 29.8 Å². The number of nitrogens with one attached hydrogen (secondary N) is 1. The van der Waals surface area contributed by atoms with Crippen LogP contribution in [0.2, 0.25) is 0 Å². The standard InChI is InChI=1S/C29H24BrFN2O6S2/c1-3-37-23-13-17(12-22(30)26(23)39-16-25(34)38-4-2)14-24-28(36)33(29(40)41-24)21-7-5-6-18(15-21)27(35)32-20-10-8-19(31)9-11-20/h5-15H,3-4,16H2,1-2H3,(H,32,35)/b24-14+. The highest BCUT2D eigenvalue weighted by Crippen LogP contribution is 2.40. The maximum Gasteiger partial charge on any atom is 0.344 e. The van der Waals surface area contributed by atoms with Crippen LogP contribution in [-0.2, 0) is 14.3 Å². The second kappa shape index (κ2) is 13.7. The van der Waals surface area contributed by atoms with Gasteiger partial charge in [-0.25, -0.2) is 9.18 Å². The molecule has 3 aromatic rings. The number of ether oxygens (including phenoxy) is 3. The maximum absolute atomic E-state index is 13.4. The molecule has 1 fully saturated rings. The normalized spacial score (nSPS) is 13.9. The molecule has 41 heavy (non-hydrogen) atoms. The average molecular weight is 660 g/mol.